The Morgan fingerprint density at radius 3 is 3.00 bits per heavy atom. The van der Waals surface area contributed by atoms with E-state index in [0.717, 1.165) is 32.1 Å². The minimum Gasteiger partial charge on any atom is -0.381 e. The van der Waals surface area contributed by atoms with Crippen molar-refractivity contribution in [1.29, 1.82) is 0 Å². The molecule has 1 unspecified atom stereocenters. The Hall–Kier alpha value is -0.0800. The molecular formula is C7H15NO. The van der Waals surface area contributed by atoms with Crippen LogP contribution in [0.4, 0.5) is 0 Å². The molecule has 2 N–H and O–H groups in total. The molecule has 0 amide bonds. The highest BCUT2D eigenvalue weighted by atomic mass is 16.5. The van der Waals surface area contributed by atoms with Crippen LogP contribution in [0, 0.1) is 5.92 Å². The van der Waals surface area contributed by atoms with Crippen molar-refractivity contribution in [1.82, 2.24) is 0 Å². The van der Waals surface area contributed by atoms with Crippen molar-refractivity contribution < 1.29 is 4.74 Å². The average molecular weight is 129 g/mol. The summed E-state index contributed by atoms with van der Waals surface area (Å²) in [5.41, 5.74) is 5.40. The smallest absolute Gasteiger partial charge is 0.0494 e. The third-order valence-corrected chi connectivity index (χ3v) is 1.83. The van der Waals surface area contributed by atoms with Crippen LogP contribution in [-0.4, -0.2) is 19.8 Å². The number of rotatable bonds is 2. The van der Waals surface area contributed by atoms with Gasteiger partial charge in [0, 0.05) is 13.2 Å². The van der Waals surface area contributed by atoms with Gasteiger partial charge in [-0.1, -0.05) is 0 Å². The molecular weight excluding hydrogens is 114 g/mol. The molecule has 1 heterocycles. The number of hydrogen-bond acceptors (Lipinski definition) is 2. The lowest BCUT2D eigenvalue weighted by molar-refractivity contribution is 0.0526. The summed E-state index contributed by atoms with van der Waals surface area (Å²) in [4.78, 5) is 0. The monoisotopic (exact) mass is 129 g/mol. The van der Waals surface area contributed by atoms with E-state index >= 15 is 0 Å². The van der Waals surface area contributed by atoms with Gasteiger partial charge in [0.15, 0.2) is 0 Å². The summed E-state index contributed by atoms with van der Waals surface area (Å²) < 4.78 is 5.28. The first-order valence-electron chi connectivity index (χ1n) is 3.71. The van der Waals surface area contributed by atoms with Crippen molar-refractivity contribution in [2.24, 2.45) is 11.7 Å². The highest BCUT2D eigenvalue weighted by molar-refractivity contribution is 4.62. The number of hydrogen-bond donors (Lipinski definition) is 1. The van der Waals surface area contributed by atoms with E-state index in [9.17, 15) is 0 Å². The standard InChI is InChI=1S/C7H15NO/c8-4-3-7-2-1-5-9-6-7/h7H,1-6,8H2. The highest BCUT2D eigenvalue weighted by Gasteiger charge is 2.11. The summed E-state index contributed by atoms with van der Waals surface area (Å²) in [6, 6.07) is 0. The van der Waals surface area contributed by atoms with E-state index < -0.39 is 0 Å². The Labute approximate surface area is 56.4 Å². The predicted octanol–water partition coefficient (Wildman–Crippen LogP) is 0.762. The lowest BCUT2D eigenvalue weighted by atomic mass is 9.99. The number of nitrogens with two attached hydrogens (primary N) is 1. The van der Waals surface area contributed by atoms with Gasteiger partial charge in [-0.2, -0.15) is 0 Å². The molecule has 9 heavy (non-hydrogen) atoms. The normalized spacial score (nSPS) is 28.3. The Morgan fingerprint density at radius 2 is 2.44 bits per heavy atom. The van der Waals surface area contributed by atoms with Crippen molar-refractivity contribution in [2.45, 2.75) is 19.3 Å². The van der Waals surface area contributed by atoms with Crippen molar-refractivity contribution in [3.63, 3.8) is 0 Å². The second kappa shape index (κ2) is 3.85. The zero-order valence-electron chi connectivity index (χ0n) is 5.81. The van der Waals surface area contributed by atoms with E-state index in [-0.39, 0.29) is 0 Å². The van der Waals surface area contributed by atoms with E-state index in [0.29, 0.717) is 0 Å². The van der Waals surface area contributed by atoms with E-state index in [1.165, 1.54) is 12.8 Å². The van der Waals surface area contributed by atoms with Gasteiger partial charge in [0.25, 0.3) is 0 Å². The minimum atomic E-state index is 0.753. The Balaban J connectivity index is 2.08. The van der Waals surface area contributed by atoms with Gasteiger partial charge in [0.1, 0.15) is 0 Å². The van der Waals surface area contributed by atoms with Crippen LogP contribution in [0.1, 0.15) is 19.3 Å². The SMILES string of the molecule is NCCC1CCCOC1. The van der Waals surface area contributed by atoms with Gasteiger partial charge in [0.2, 0.25) is 0 Å². The van der Waals surface area contributed by atoms with Gasteiger partial charge in [0.05, 0.1) is 0 Å². The minimum absolute atomic E-state index is 0.753. The summed E-state index contributed by atoms with van der Waals surface area (Å²) in [5, 5.41) is 0. The lowest BCUT2D eigenvalue weighted by Crippen LogP contribution is -2.19. The molecule has 1 aliphatic heterocycles. The summed E-state index contributed by atoms with van der Waals surface area (Å²) in [6.07, 6.45) is 3.68. The quantitative estimate of drug-likeness (QED) is 0.597. The lowest BCUT2D eigenvalue weighted by Gasteiger charge is -2.20. The molecule has 0 saturated carbocycles. The molecule has 2 nitrogen and oxygen atoms in total. The van der Waals surface area contributed by atoms with E-state index in [1.807, 2.05) is 0 Å². The molecule has 0 bridgehead atoms. The molecule has 0 spiro atoms. The Kier molecular flexibility index (Phi) is 3.01. The molecule has 1 fully saturated rings. The summed E-state index contributed by atoms with van der Waals surface area (Å²) in [7, 11) is 0. The number of ether oxygens (including phenoxy) is 1. The van der Waals surface area contributed by atoms with Gasteiger partial charge >= 0.3 is 0 Å². The fourth-order valence-corrected chi connectivity index (χ4v) is 1.27. The molecule has 2 heteroatoms. The van der Waals surface area contributed by atoms with E-state index in [1.54, 1.807) is 0 Å². The Morgan fingerprint density at radius 1 is 1.56 bits per heavy atom. The predicted molar refractivity (Wildman–Crippen MR) is 37.2 cm³/mol. The molecule has 1 aliphatic rings. The third-order valence-electron chi connectivity index (χ3n) is 1.83. The average Bonchev–Trinajstić information content (AvgIpc) is 1.91. The van der Waals surface area contributed by atoms with Crippen LogP contribution >= 0.6 is 0 Å². The van der Waals surface area contributed by atoms with E-state index in [4.69, 9.17) is 10.5 Å². The fourth-order valence-electron chi connectivity index (χ4n) is 1.27. The van der Waals surface area contributed by atoms with Crippen LogP contribution in [0.2, 0.25) is 0 Å². The molecule has 1 atom stereocenters. The molecule has 54 valence electrons. The van der Waals surface area contributed by atoms with Crippen LogP contribution in [0.5, 0.6) is 0 Å². The second-order valence-electron chi connectivity index (χ2n) is 2.66. The highest BCUT2D eigenvalue weighted by Crippen LogP contribution is 2.15. The fraction of sp³-hybridized carbons (Fsp3) is 1.00. The zero-order valence-corrected chi connectivity index (χ0v) is 5.81. The maximum Gasteiger partial charge on any atom is 0.0494 e. The van der Waals surface area contributed by atoms with Crippen molar-refractivity contribution in [3.05, 3.63) is 0 Å². The van der Waals surface area contributed by atoms with Crippen LogP contribution < -0.4 is 5.73 Å². The molecule has 1 saturated heterocycles. The third kappa shape index (κ3) is 2.33. The van der Waals surface area contributed by atoms with Gasteiger partial charge in [-0.25, -0.2) is 0 Å². The molecule has 0 aromatic rings. The van der Waals surface area contributed by atoms with Gasteiger partial charge < -0.3 is 10.5 Å². The topological polar surface area (TPSA) is 35.2 Å². The first-order valence-corrected chi connectivity index (χ1v) is 3.71. The maximum atomic E-state index is 5.40. The first kappa shape index (κ1) is 7.03. The van der Waals surface area contributed by atoms with Gasteiger partial charge in [-0.15, -0.1) is 0 Å². The second-order valence-corrected chi connectivity index (χ2v) is 2.66. The van der Waals surface area contributed by atoms with Crippen LogP contribution in [0.3, 0.4) is 0 Å². The molecule has 0 radical (unpaired) electrons. The van der Waals surface area contributed by atoms with Crippen LogP contribution in [0.15, 0.2) is 0 Å². The zero-order chi connectivity index (χ0) is 6.53. The first-order chi connectivity index (χ1) is 4.43. The maximum absolute atomic E-state index is 5.40. The molecule has 0 aliphatic carbocycles. The van der Waals surface area contributed by atoms with Crippen molar-refractivity contribution >= 4 is 0 Å². The van der Waals surface area contributed by atoms with Gasteiger partial charge in [-0.05, 0) is 31.7 Å². The summed E-state index contributed by atoms with van der Waals surface area (Å²) >= 11 is 0. The summed E-state index contributed by atoms with van der Waals surface area (Å²) in [5.74, 6) is 0.753. The van der Waals surface area contributed by atoms with Crippen molar-refractivity contribution in [3.8, 4) is 0 Å². The van der Waals surface area contributed by atoms with Crippen molar-refractivity contribution in [2.75, 3.05) is 19.8 Å². The van der Waals surface area contributed by atoms with Crippen LogP contribution in [0.25, 0.3) is 0 Å². The Bertz CT molecular complexity index is 66.6. The summed E-state index contributed by atoms with van der Waals surface area (Å²) in [6.45, 7) is 2.71. The molecule has 0 aromatic carbocycles. The van der Waals surface area contributed by atoms with E-state index in [2.05, 4.69) is 0 Å². The molecule has 1 rings (SSSR count). The van der Waals surface area contributed by atoms with Gasteiger partial charge in [-0.3, -0.25) is 0 Å². The molecule has 0 aromatic heterocycles. The van der Waals surface area contributed by atoms with Crippen LogP contribution in [-0.2, 0) is 4.74 Å². The largest absolute Gasteiger partial charge is 0.381 e.